The first-order valence-electron chi connectivity index (χ1n) is 8.46. The maximum absolute atomic E-state index is 12.6. The Balaban J connectivity index is 1.58. The highest BCUT2D eigenvalue weighted by molar-refractivity contribution is 7.86. The maximum atomic E-state index is 12.6. The molecule has 8 heteroatoms. The highest BCUT2D eigenvalue weighted by Crippen LogP contribution is 2.57. The van der Waals surface area contributed by atoms with Gasteiger partial charge in [0.05, 0.1) is 27.9 Å². The first-order chi connectivity index (χ1) is 11.9. The van der Waals surface area contributed by atoms with Crippen LogP contribution in [0, 0.1) is 51.0 Å². The lowest BCUT2D eigenvalue weighted by molar-refractivity contribution is -0.384. The quantitative estimate of drug-likeness (QED) is 0.463. The number of nitriles is 1. The molecule has 25 heavy (non-hydrogen) atoms. The third-order valence-electron chi connectivity index (χ3n) is 6.06. The Labute approximate surface area is 145 Å². The lowest BCUT2D eigenvalue weighted by Crippen LogP contribution is -2.54. The third kappa shape index (κ3) is 2.71. The summed E-state index contributed by atoms with van der Waals surface area (Å²) < 4.78 is 30.8. The summed E-state index contributed by atoms with van der Waals surface area (Å²) in [6.07, 6.45) is 3.29. The molecule has 4 fully saturated rings. The van der Waals surface area contributed by atoms with Crippen LogP contribution in [-0.2, 0) is 14.3 Å². The largest absolute Gasteiger partial charge is 0.297 e. The number of nitro groups is 1. The fraction of sp³-hybridized carbons (Fsp3) is 0.588. The van der Waals surface area contributed by atoms with Crippen molar-refractivity contribution in [3.8, 4) is 6.07 Å². The second-order valence-corrected chi connectivity index (χ2v) is 8.99. The van der Waals surface area contributed by atoms with Crippen LogP contribution >= 0.6 is 0 Å². The summed E-state index contributed by atoms with van der Waals surface area (Å²) in [6.45, 7) is 0. The fourth-order valence-corrected chi connectivity index (χ4v) is 6.32. The molecule has 0 spiro atoms. The molecule has 132 valence electrons. The Hall–Kier alpha value is -1.98. The average Bonchev–Trinajstić information content (AvgIpc) is 2.58. The van der Waals surface area contributed by atoms with E-state index in [1.54, 1.807) is 0 Å². The van der Waals surface area contributed by atoms with E-state index < -0.39 is 21.1 Å². The standard InChI is InChI=1S/C17H18N2O5S/c18-9-16-11-5-10-6-12(8-11)17(15(16)7-10)24-25(22,23)14-3-1-13(2-4-14)19(20)21/h1-4,10-12,15-17H,5-8H2/t10-,11-,12+,15-,16-,17+/m0/s1. The SMILES string of the molecule is N#C[C@H]1[C@H]2C[C@H]3C[C@H](C2)[C@@H](OS(=O)(=O)c2ccc([N+](=O)[O-])cc2)[C@H]1C3. The van der Waals surface area contributed by atoms with E-state index in [1.807, 2.05) is 0 Å². The lowest BCUT2D eigenvalue weighted by atomic mass is 9.51. The van der Waals surface area contributed by atoms with Gasteiger partial charge in [0.1, 0.15) is 0 Å². The maximum Gasteiger partial charge on any atom is 0.297 e. The molecule has 0 aliphatic heterocycles. The van der Waals surface area contributed by atoms with Crippen LogP contribution in [0.4, 0.5) is 5.69 Å². The van der Waals surface area contributed by atoms with E-state index in [1.165, 1.54) is 12.1 Å². The first-order valence-corrected chi connectivity index (χ1v) is 9.87. The van der Waals surface area contributed by atoms with Gasteiger partial charge >= 0.3 is 0 Å². The van der Waals surface area contributed by atoms with Gasteiger partial charge in [-0.2, -0.15) is 13.7 Å². The Morgan fingerprint density at radius 2 is 1.80 bits per heavy atom. The van der Waals surface area contributed by atoms with E-state index in [4.69, 9.17) is 4.18 Å². The van der Waals surface area contributed by atoms with E-state index in [0.29, 0.717) is 11.8 Å². The fourth-order valence-electron chi connectivity index (χ4n) is 5.14. The van der Waals surface area contributed by atoms with Crippen molar-refractivity contribution in [1.29, 1.82) is 5.26 Å². The first kappa shape index (κ1) is 16.5. The summed E-state index contributed by atoms with van der Waals surface area (Å²) in [4.78, 5) is 10.0. The van der Waals surface area contributed by atoms with E-state index in [2.05, 4.69) is 6.07 Å². The van der Waals surface area contributed by atoms with Crippen molar-refractivity contribution in [3.63, 3.8) is 0 Å². The van der Waals surface area contributed by atoms with Crippen LogP contribution < -0.4 is 0 Å². The summed E-state index contributed by atoms with van der Waals surface area (Å²) in [7, 11) is -4.01. The molecule has 6 atom stereocenters. The molecule has 5 rings (SSSR count). The van der Waals surface area contributed by atoms with Crippen molar-refractivity contribution in [2.75, 3.05) is 0 Å². The number of nitrogens with zero attached hydrogens (tertiary/aromatic N) is 2. The summed E-state index contributed by atoms with van der Waals surface area (Å²) in [5, 5.41) is 20.2. The van der Waals surface area contributed by atoms with Crippen molar-refractivity contribution in [2.45, 2.75) is 36.7 Å². The van der Waals surface area contributed by atoms with Crippen LogP contribution in [-0.4, -0.2) is 19.4 Å². The molecule has 0 saturated heterocycles. The molecule has 0 aromatic heterocycles. The third-order valence-corrected chi connectivity index (χ3v) is 7.39. The van der Waals surface area contributed by atoms with Gasteiger partial charge in [-0.3, -0.25) is 14.3 Å². The normalized spacial score (nSPS) is 36.1. The molecule has 0 amide bonds. The zero-order chi connectivity index (χ0) is 17.8. The topological polar surface area (TPSA) is 110 Å². The molecular formula is C17H18N2O5S. The van der Waals surface area contributed by atoms with Crippen molar-refractivity contribution in [3.05, 3.63) is 34.4 Å². The number of nitro benzene ring substituents is 1. The minimum absolute atomic E-state index is 0.0333. The van der Waals surface area contributed by atoms with Crippen molar-refractivity contribution < 1.29 is 17.5 Å². The molecule has 7 nitrogen and oxygen atoms in total. The van der Waals surface area contributed by atoms with Crippen LogP contribution in [0.25, 0.3) is 0 Å². The minimum atomic E-state index is -4.01. The summed E-state index contributed by atoms with van der Waals surface area (Å²) in [5.41, 5.74) is -0.168. The monoisotopic (exact) mass is 362 g/mol. The Bertz CT molecular complexity index is 845. The van der Waals surface area contributed by atoms with Gasteiger partial charge in [0.2, 0.25) is 0 Å². The number of non-ortho nitro benzene ring substituents is 1. The Morgan fingerprint density at radius 3 is 2.44 bits per heavy atom. The molecule has 4 saturated carbocycles. The molecule has 0 N–H and O–H groups in total. The van der Waals surface area contributed by atoms with Crippen molar-refractivity contribution >= 4 is 15.8 Å². The number of benzene rings is 1. The van der Waals surface area contributed by atoms with E-state index >= 15 is 0 Å². The highest BCUT2D eigenvalue weighted by atomic mass is 32.2. The van der Waals surface area contributed by atoms with Gasteiger partial charge in [-0.25, -0.2) is 0 Å². The number of rotatable bonds is 4. The molecule has 4 aliphatic rings. The second kappa shape index (κ2) is 5.78. The molecule has 0 unspecified atom stereocenters. The predicted molar refractivity (Wildman–Crippen MR) is 86.7 cm³/mol. The molecular weight excluding hydrogens is 344 g/mol. The Kier molecular flexibility index (Phi) is 3.81. The van der Waals surface area contributed by atoms with Crippen LogP contribution in [0.15, 0.2) is 29.2 Å². The number of hydrogen-bond acceptors (Lipinski definition) is 6. The van der Waals surface area contributed by atoms with Gasteiger partial charge < -0.3 is 0 Å². The molecule has 0 heterocycles. The lowest BCUT2D eigenvalue weighted by Gasteiger charge is -2.55. The minimum Gasteiger partial charge on any atom is -0.262 e. The second-order valence-electron chi connectivity index (χ2n) is 7.41. The van der Waals surface area contributed by atoms with E-state index in [-0.39, 0.29) is 28.3 Å². The molecule has 0 radical (unpaired) electrons. The van der Waals surface area contributed by atoms with Gasteiger partial charge in [-0.05, 0) is 55.6 Å². The van der Waals surface area contributed by atoms with Gasteiger partial charge in [0.25, 0.3) is 15.8 Å². The zero-order valence-corrected chi connectivity index (χ0v) is 14.3. The van der Waals surface area contributed by atoms with Gasteiger partial charge in [0.15, 0.2) is 0 Å². The zero-order valence-electron chi connectivity index (χ0n) is 13.4. The smallest absolute Gasteiger partial charge is 0.262 e. The van der Waals surface area contributed by atoms with Gasteiger partial charge in [-0.1, -0.05) is 0 Å². The molecule has 1 aromatic rings. The Morgan fingerprint density at radius 1 is 1.12 bits per heavy atom. The van der Waals surface area contributed by atoms with Crippen LogP contribution in [0.2, 0.25) is 0 Å². The molecule has 1 aromatic carbocycles. The number of hydrogen-bond donors (Lipinski definition) is 0. The molecule has 4 aliphatic carbocycles. The van der Waals surface area contributed by atoms with E-state index in [9.17, 15) is 23.8 Å². The summed E-state index contributed by atoms with van der Waals surface area (Å²) in [5.74, 6) is 0.966. The molecule has 4 bridgehead atoms. The van der Waals surface area contributed by atoms with Crippen molar-refractivity contribution in [2.24, 2.45) is 29.6 Å². The van der Waals surface area contributed by atoms with Gasteiger partial charge in [-0.15, -0.1) is 0 Å². The predicted octanol–water partition coefficient (Wildman–Crippen LogP) is 2.87. The highest BCUT2D eigenvalue weighted by Gasteiger charge is 2.55. The van der Waals surface area contributed by atoms with Crippen LogP contribution in [0.1, 0.15) is 25.7 Å². The summed E-state index contributed by atoms with van der Waals surface area (Å²) in [6, 6.07) is 7.09. The van der Waals surface area contributed by atoms with E-state index in [0.717, 1.165) is 37.8 Å². The van der Waals surface area contributed by atoms with Crippen LogP contribution in [0.5, 0.6) is 0 Å². The van der Waals surface area contributed by atoms with Gasteiger partial charge in [0, 0.05) is 18.1 Å². The van der Waals surface area contributed by atoms with Crippen LogP contribution in [0.3, 0.4) is 0 Å². The summed E-state index contributed by atoms with van der Waals surface area (Å²) >= 11 is 0. The average molecular weight is 362 g/mol. The van der Waals surface area contributed by atoms with Crippen molar-refractivity contribution in [1.82, 2.24) is 0 Å².